The highest BCUT2D eigenvalue weighted by atomic mass is 16.5. The molecule has 0 unspecified atom stereocenters. The molecule has 9 heteroatoms. The predicted octanol–water partition coefficient (Wildman–Crippen LogP) is 4.40. The number of primary amides is 1. The molecule has 9 nitrogen and oxygen atoms in total. The standard InChI is InChI=1S/C27H30N6O3/c1-3-4-5-16-36-25(34)15-12-22-11-14-24(19-6-8-20(9-7-19)27-29-31-32-30-27)33(22)23-13-10-21(26(28)35)17-18(23)2/h6-11,13-14,17H,3-5,12,15-16H2,1-2H3,(H2,28,35)(H,29,30,31,32). The number of esters is 1. The van der Waals surface area contributed by atoms with Gasteiger partial charge in [-0.15, -0.1) is 10.2 Å². The number of aromatic amines is 1. The lowest BCUT2D eigenvalue weighted by molar-refractivity contribution is -0.143. The molecular weight excluding hydrogens is 456 g/mol. The summed E-state index contributed by atoms with van der Waals surface area (Å²) >= 11 is 0. The maximum Gasteiger partial charge on any atom is 0.306 e. The van der Waals surface area contributed by atoms with Gasteiger partial charge in [-0.2, -0.15) is 5.21 Å². The van der Waals surface area contributed by atoms with Crippen molar-refractivity contribution in [1.29, 1.82) is 0 Å². The van der Waals surface area contributed by atoms with Crippen LogP contribution >= 0.6 is 0 Å². The van der Waals surface area contributed by atoms with Crippen molar-refractivity contribution in [3.8, 4) is 28.3 Å². The number of nitrogens with two attached hydrogens (primary N) is 1. The Kier molecular flexibility index (Phi) is 7.89. The number of aromatic nitrogens is 5. The zero-order valence-corrected chi connectivity index (χ0v) is 20.5. The lowest BCUT2D eigenvalue weighted by atomic mass is 10.1. The fraction of sp³-hybridized carbons (Fsp3) is 0.296. The van der Waals surface area contributed by atoms with E-state index in [1.54, 1.807) is 12.1 Å². The quantitative estimate of drug-likeness (QED) is 0.239. The van der Waals surface area contributed by atoms with Gasteiger partial charge in [-0.3, -0.25) is 9.59 Å². The normalized spacial score (nSPS) is 10.9. The molecule has 0 aliphatic heterocycles. The highest BCUT2D eigenvalue weighted by Crippen LogP contribution is 2.30. The molecule has 0 aliphatic carbocycles. The van der Waals surface area contributed by atoms with E-state index in [9.17, 15) is 9.59 Å². The summed E-state index contributed by atoms with van der Waals surface area (Å²) < 4.78 is 7.52. The number of carbonyl (C=O) groups is 2. The number of benzene rings is 2. The maximum absolute atomic E-state index is 12.3. The van der Waals surface area contributed by atoms with Crippen LogP contribution in [0.2, 0.25) is 0 Å². The van der Waals surface area contributed by atoms with E-state index in [1.807, 2.05) is 49.4 Å². The van der Waals surface area contributed by atoms with Crippen LogP contribution in [-0.2, 0) is 16.0 Å². The van der Waals surface area contributed by atoms with E-state index < -0.39 is 5.91 Å². The van der Waals surface area contributed by atoms with Gasteiger partial charge in [0, 0.05) is 22.5 Å². The summed E-state index contributed by atoms with van der Waals surface area (Å²) in [6.45, 7) is 4.51. The molecule has 0 radical (unpaired) electrons. The molecule has 0 saturated heterocycles. The van der Waals surface area contributed by atoms with Gasteiger partial charge in [0.05, 0.1) is 18.7 Å². The topological polar surface area (TPSA) is 129 Å². The maximum atomic E-state index is 12.3. The average molecular weight is 487 g/mol. The summed E-state index contributed by atoms with van der Waals surface area (Å²) in [6, 6.07) is 17.3. The number of H-pyrrole nitrogens is 1. The number of rotatable bonds is 11. The van der Waals surface area contributed by atoms with Crippen molar-refractivity contribution in [3.63, 3.8) is 0 Å². The first-order valence-corrected chi connectivity index (χ1v) is 12.1. The summed E-state index contributed by atoms with van der Waals surface area (Å²) in [4.78, 5) is 24.0. The first-order chi connectivity index (χ1) is 17.5. The second-order valence-corrected chi connectivity index (χ2v) is 8.65. The van der Waals surface area contributed by atoms with Gasteiger partial charge >= 0.3 is 5.97 Å². The fourth-order valence-corrected chi connectivity index (χ4v) is 4.16. The Morgan fingerprint density at radius 2 is 1.81 bits per heavy atom. The summed E-state index contributed by atoms with van der Waals surface area (Å²) in [5, 5.41) is 14.1. The Hall–Kier alpha value is -4.27. The zero-order valence-electron chi connectivity index (χ0n) is 20.5. The molecule has 4 rings (SSSR count). The lowest BCUT2D eigenvalue weighted by Gasteiger charge is -2.17. The molecule has 0 bridgehead atoms. The minimum Gasteiger partial charge on any atom is -0.466 e. The molecule has 2 aromatic carbocycles. The van der Waals surface area contributed by atoms with E-state index in [4.69, 9.17) is 10.5 Å². The molecule has 2 aromatic heterocycles. The molecule has 0 spiro atoms. The molecule has 0 fully saturated rings. The second kappa shape index (κ2) is 11.4. The van der Waals surface area contributed by atoms with Gasteiger partial charge in [0.15, 0.2) is 0 Å². The Balaban J connectivity index is 1.65. The molecule has 3 N–H and O–H groups in total. The van der Waals surface area contributed by atoms with Crippen LogP contribution in [0.3, 0.4) is 0 Å². The predicted molar refractivity (Wildman–Crippen MR) is 136 cm³/mol. The number of tetrazole rings is 1. The number of carbonyl (C=O) groups excluding carboxylic acids is 2. The number of amides is 1. The number of ether oxygens (including phenoxy) is 1. The van der Waals surface area contributed by atoms with Gasteiger partial charge < -0.3 is 15.0 Å². The van der Waals surface area contributed by atoms with Gasteiger partial charge in [0.25, 0.3) is 0 Å². The average Bonchev–Trinajstić information content (AvgIpc) is 3.56. The largest absolute Gasteiger partial charge is 0.466 e. The number of unbranched alkanes of at least 4 members (excludes halogenated alkanes) is 2. The summed E-state index contributed by atoms with van der Waals surface area (Å²) in [6.07, 6.45) is 3.81. The molecule has 0 aliphatic rings. The van der Waals surface area contributed by atoms with Crippen LogP contribution < -0.4 is 5.73 Å². The van der Waals surface area contributed by atoms with E-state index >= 15 is 0 Å². The smallest absolute Gasteiger partial charge is 0.306 e. The van der Waals surface area contributed by atoms with Crippen molar-refractivity contribution in [1.82, 2.24) is 25.2 Å². The molecule has 1 amide bonds. The van der Waals surface area contributed by atoms with E-state index in [-0.39, 0.29) is 12.4 Å². The van der Waals surface area contributed by atoms with Crippen LogP contribution in [0, 0.1) is 6.92 Å². The van der Waals surface area contributed by atoms with Crippen molar-refractivity contribution < 1.29 is 14.3 Å². The van der Waals surface area contributed by atoms with E-state index in [1.165, 1.54) is 0 Å². The third-order valence-corrected chi connectivity index (χ3v) is 6.06. The zero-order chi connectivity index (χ0) is 25.5. The molecule has 2 heterocycles. The summed E-state index contributed by atoms with van der Waals surface area (Å²) in [7, 11) is 0. The molecule has 0 atom stereocenters. The molecule has 186 valence electrons. The third-order valence-electron chi connectivity index (χ3n) is 6.06. The highest BCUT2D eigenvalue weighted by Gasteiger charge is 2.17. The van der Waals surface area contributed by atoms with Crippen LogP contribution in [0.4, 0.5) is 0 Å². The van der Waals surface area contributed by atoms with Gasteiger partial charge in [-0.1, -0.05) is 44.0 Å². The van der Waals surface area contributed by atoms with Crippen LogP contribution in [0.5, 0.6) is 0 Å². The first-order valence-electron chi connectivity index (χ1n) is 12.1. The van der Waals surface area contributed by atoms with Gasteiger partial charge in [0.1, 0.15) is 0 Å². The number of hydrogen-bond donors (Lipinski definition) is 2. The van der Waals surface area contributed by atoms with E-state index in [2.05, 4.69) is 32.1 Å². The van der Waals surface area contributed by atoms with Crippen molar-refractivity contribution in [2.24, 2.45) is 5.73 Å². The number of aryl methyl sites for hydroxylation is 2. The SMILES string of the molecule is CCCCCOC(=O)CCc1ccc(-c2ccc(-c3nn[nH]n3)cc2)n1-c1ccc(C(N)=O)cc1C. The molecule has 0 saturated carbocycles. The van der Waals surface area contributed by atoms with Crippen LogP contribution in [0.25, 0.3) is 28.3 Å². The Bertz CT molecular complexity index is 1330. The monoisotopic (exact) mass is 486 g/mol. The Morgan fingerprint density at radius 1 is 1.03 bits per heavy atom. The highest BCUT2D eigenvalue weighted by molar-refractivity contribution is 5.93. The number of nitrogens with zero attached hydrogens (tertiary/aromatic N) is 4. The number of nitrogens with one attached hydrogen (secondary N) is 1. The molecular formula is C27H30N6O3. The lowest BCUT2D eigenvalue weighted by Crippen LogP contribution is -2.13. The van der Waals surface area contributed by atoms with Crippen molar-refractivity contribution in [2.45, 2.75) is 46.0 Å². The summed E-state index contributed by atoms with van der Waals surface area (Å²) in [5.41, 5.74) is 11.5. The third kappa shape index (κ3) is 5.68. The molecule has 36 heavy (non-hydrogen) atoms. The minimum atomic E-state index is -0.472. The summed E-state index contributed by atoms with van der Waals surface area (Å²) in [5.74, 6) is -0.154. The van der Waals surface area contributed by atoms with Crippen LogP contribution in [0.15, 0.2) is 54.6 Å². The van der Waals surface area contributed by atoms with Gasteiger partial charge in [-0.25, -0.2) is 0 Å². The van der Waals surface area contributed by atoms with Crippen LogP contribution in [-0.4, -0.2) is 43.7 Å². The van der Waals surface area contributed by atoms with Crippen molar-refractivity contribution >= 4 is 11.9 Å². The van der Waals surface area contributed by atoms with Gasteiger partial charge in [-0.05, 0) is 66.4 Å². The van der Waals surface area contributed by atoms with E-state index in [0.717, 1.165) is 53.0 Å². The second-order valence-electron chi connectivity index (χ2n) is 8.65. The van der Waals surface area contributed by atoms with Crippen LogP contribution in [0.1, 0.15) is 54.2 Å². The minimum absolute atomic E-state index is 0.203. The fourth-order valence-electron chi connectivity index (χ4n) is 4.16. The molecule has 4 aromatic rings. The first kappa shape index (κ1) is 24.8. The van der Waals surface area contributed by atoms with Crippen molar-refractivity contribution in [2.75, 3.05) is 6.61 Å². The Morgan fingerprint density at radius 3 is 2.47 bits per heavy atom. The van der Waals surface area contributed by atoms with E-state index in [0.29, 0.717) is 24.4 Å². The Labute approximate surface area is 209 Å². The van der Waals surface area contributed by atoms with Crippen molar-refractivity contribution in [3.05, 3.63) is 71.4 Å². The van der Waals surface area contributed by atoms with Gasteiger partial charge in [0.2, 0.25) is 11.7 Å². The number of hydrogen-bond acceptors (Lipinski definition) is 6.